The van der Waals surface area contributed by atoms with E-state index in [-0.39, 0.29) is 5.91 Å². The molecular weight excluding hydrogens is 382 g/mol. The molecule has 5 nitrogen and oxygen atoms in total. The Hall–Kier alpha value is -2.86. The van der Waals surface area contributed by atoms with Crippen LogP contribution in [0.25, 0.3) is 0 Å². The number of amides is 1. The molecule has 0 bridgehead atoms. The van der Waals surface area contributed by atoms with Crippen LogP contribution in [0.15, 0.2) is 71.3 Å². The van der Waals surface area contributed by atoms with Crippen LogP contribution in [0.3, 0.4) is 0 Å². The quantitative estimate of drug-likeness (QED) is 0.645. The van der Waals surface area contributed by atoms with Gasteiger partial charge < -0.3 is 15.4 Å². The van der Waals surface area contributed by atoms with E-state index in [0.29, 0.717) is 11.4 Å². The first-order valence-corrected chi connectivity index (χ1v) is 8.37. The van der Waals surface area contributed by atoms with E-state index in [4.69, 9.17) is 4.74 Å². The molecule has 3 aromatic rings. The summed E-state index contributed by atoms with van der Waals surface area (Å²) < 4.78 is 6.15. The number of methoxy groups -OCH3 is 1. The summed E-state index contributed by atoms with van der Waals surface area (Å²) in [5.74, 6) is 0.513. The average Bonchev–Trinajstić information content (AvgIpc) is 2.64. The molecule has 0 atom stereocenters. The van der Waals surface area contributed by atoms with Gasteiger partial charge in [-0.15, -0.1) is 0 Å². The van der Waals surface area contributed by atoms with E-state index in [1.165, 1.54) is 0 Å². The minimum Gasteiger partial charge on any atom is -0.497 e. The Morgan fingerprint density at radius 1 is 1.00 bits per heavy atom. The maximum absolute atomic E-state index is 12.2. The van der Waals surface area contributed by atoms with Crippen LogP contribution < -0.4 is 15.4 Å². The zero-order chi connectivity index (χ0) is 17.6. The number of hydrogen-bond acceptors (Lipinski definition) is 4. The summed E-state index contributed by atoms with van der Waals surface area (Å²) in [7, 11) is 1.62. The molecule has 0 aliphatic heterocycles. The first-order valence-electron chi connectivity index (χ1n) is 7.58. The van der Waals surface area contributed by atoms with Crippen molar-refractivity contribution >= 4 is 38.9 Å². The number of anilines is 3. The monoisotopic (exact) mass is 397 g/mol. The van der Waals surface area contributed by atoms with E-state index in [1.807, 2.05) is 54.6 Å². The van der Waals surface area contributed by atoms with Crippen LogP contribution in [0.4, 0.5) is 17.1 Å². The van der Waals surface area contributed by atoms with E-state index >= 15 is 0 Å². The van der Waals surface area contributed by atoms with Crippen molar-refractivity contribution in [3.63, 3.8) is 0 Å². The van der Waals surface area contributed by atoms with Crippen LogP contribution in [0, 0.1) is 0 Å². The van der Waals surface area contributed by atoms with Gasteiger partial charge in [0.2, 0.25) is 0 Å². The van der Waals surface area contributed by atoms with Crippen LogP contribution in [-0.4, -0.2) is 18.0 Å². The summed E-state index contributed by atoms with van der Waals surface area (Å²) in [6.45, 7) is 0. The van der Waals surface area contributed by atoms with E-state index < -0.39 is 0 Å². The highest BCUT2D eigenvalue weighted by Gasteiger charge is 2.08. The van der Waals surface area contributed by atoms with Gasteiger partial charge in [-0.05, 0) is 48.5 Å². The largest absolute Gasteiger partial charge is 0.497 e. The standard InChI is InChI=1S/C19H16BrN3O2/c1-25-17-4-2-3-15(11-17)22-16-9-10-18(21-12-16)19(24)23-14-7-5-13(20)6-8-14/h2-12,22H,1H3,(H,23,24). The Kier molecular flexibility index (Phi) is 5.30. The fraction of sp³-hybridized carbons (Fsp3) is 0.0526. The van der Waals surface area contributed by atoms with Crippen molar-refractivity contribution < 1.29 is 9.53 Å². The van der Waals surface area contributed by atoms with E-state index in [0.717, 1.165) is 21.6 Å². The summed E-state index contributed by atoms with van der Waals surface area (Å²) in [4.78, 5) is 16.4. The number of nitrogens with zero attached hydrogens (tertiary/aromatic N) is 1. The zero-order valence-electron chi connectivity index (χ0n) is 13.5. The van der Waals surface area contributed by atoms with E-state index in [2.05, 4.69) is 31.5 Å². The molecule has 0 aliphatic carbocycles. The van der Waals surface area contributed by atoms with Crippen molar-refractivity contribution in [1.82, 2.24) is 4.98 Å². The second kappa shape index (κ2) is 7.81. The highest BCUT2D eigenvalue weighted by molar-refractivity contribution is 9.10. The number of aromatic nitrogens is 1. The summed E-state index contributed by atoms with van der Waals surface area (Å²) in [6.07, 6.45) is 1.62. The van der Waals surface area contributed by atoms with Crippen molar-refractivity contribution in [2.45, 2.75) is 0 Å². The van der Waals surface area contributed by atoms with Crippen molar-refractivity contribution in [2.75, 3.05) is 17.7 Å². The van der Waals surface area contributed by atoms with Crippen LogP contribution in [0.5, 0.6) is 5.75 Å². The van der Waals surface area contributed by atoms with Gasteiger partial charge in [0.1, 0.15) is 11.4 Å². The molecule has 1 aromatic heterocycles. The second-order valence-corrected chi connectivity index (χ2v) is 6.17. The SMILES string of the molecule is COc1cccc(Nc2ccc(C(=O)Nc3ccc(Br)cc3)nc2)c1. The van der Waals surface area contributed by atoms with Gasteiger partial charge >= 0.3 is 0 Å². The summed E-state index contributed by atoms with van der Waals surface area (Å²) in [5, 5.41) is 6.03. The lowest BCUT2D eigenvalue weighted by Gasteiger charge is -2.09. The second-order valence-electron chi connectivity index (χ2n) is 5.25. The molecule has 6 heteroatoms. The summed E-state index contributed by atoms with van der Waals surface area (Å²) in [5.41, 5.74) is 2.73. The minimum absolute atomic E-state index is 0.254. The van der Waals surface area contributed by atoms with Crippen LogP contribution in [-0.2, 0) is 0 Å². The number of carbonyl (C=O) groups is 1. The van der Waals surface area contributed by atoms with E-state index in [1.54, 1.807) is 19.4 Å². The van der Waals surface area contributed by atoms with Crippen molar-refractivity contribution in [3.05, 3.63) is 77.0 Å². The predicted molar refractivity (Wildman–Crippen MR) is 103 cm³/mol. The Labute approximate surface area is 154 Å². The van der Waals surface area contributed by atoms with Gasteiger partial charge in [-0.3, -0.25) is 4.79 Å². The highest BCUT2D eigenvalue weighted by Crippen LogP contribution is 2.21. The summed E-state index contributed by atoms with van der Waals surface area (Å²) in [6, 6.07) is 18.4. The van der Waals surface area contributed by atoms with E-state index in [9.17, 15) is 4.79 Å². The molecule has 1 heterocycles. The third kappa shape index (κ3) is 4.58. The first kappa shape index (κ1) is 17.0. The molecule has 0 fully saturated rings. The van der Waals surface area contributed by atoms with Gasteiger partial charge in [-0.1, -0.05) is 22.0 Å². The third-order valence-corrected chi connectivity index (χ3v) is 3.99. The molecule has 0 saturated carbocycles. The maximum atomic E-state index is 12.2. The van der Waals surface area contributed by atoms with Crippen molar-refractivity contribution in [1.29, 1.82) is 0 Å². The Morgan fingerprint density at radius 2 is 1.76 bits per heavy atom. The minimum atomic E-state index is -0.254. The van der Waals surface area contributed by atoms with Gasteiger partial charge in [0, 0.05) is 21.9 Å². The molecule has 3 rings (SSSR count). The normalized spacial score (nSPS) is 10.2. The molecule has 0 spiro atoms. The number of pyridine rings is 1. The Balaban J connectivity index is 1.66. The average molecular weight is 398 g/mol. The summed E-state index contributed by atoms with van der Waals surface area (Å²) >= 11 is 3.36. The zero-order valence-corrected chi connectivity index (χ0v) is 15.1. The number of carbonyl (C=O) groups excluding carboxylic acids is 1. The molecule has 2 aromatic carbocycles. The topological polar surface area (TPSA) is 63.2 Å². The number of hydrogen-bond donors (Lipinski definition) is 2. The number of benzene rings is 2. The molecule has 1 amide bonds. The smallest absolute Gasteiger partial charge is 0.274 e. The molecule has 0 unspecified atom stereocenters. The number of halogens is 1. The van der Waals surface area contributed by atoms with Crippen LogP contribution >= 0.6 is 15.9 Å². The maximum Gasteiger partial charge on any atom is 0.274 e. The number of ether oxygens (including phenoxy) is 1. The van der Waals surface area contributed by atoms with Gasteiger partial charge in [-0.25, -0.2) is 4.98 Å². The van der Waals surface area contributed by atoms with Crippen molar-refractivity contribution in [3.8, 4) is 5.75 Å². The molecule has 0 aliphatic rings. The Bertz CT molecular complexity index is 865. The van der Waals surface area contributed by atoms with Gasteiger partial charge in [0.05, 0.1) is 19.0 Å². The van der Waals surface area contributed by atoms with Crippen LogP contribution in [0.1, 0.15) is 10.5 Å². The molecule has 0 radical (unpaired) electrons. The van der Waals surface area contributed by atoms with Crippen molar-refractivity contribution in [2.24, 2.45) is 0 Å². The lowest BCUT2D eigenvalue weighted by molar-refractivity contribution is 0.102. The first-order chi connectivity index (χ1) is 12.1. The van der Waals surface area contributed by atoms with Crippen LogP contribution in [0.2, 0.25) is 0 Å². The van der Waals surface area contributed by atoms with Gasteiger partial charge in [0.15, 0.2) is 0 Å². The molecule has 25 heavy (non-hydrogen) atoms. The van der Waals surface area contributed by atoms with Gasteiger partial charge in [-0.2, -0.15) is 0 Å². The molecule has 126 valence electrons. The number of rotatable bonds is 5. The Morgan fingerprint density at radius 3 is 2.44 bits per heavy atom. The molecule has 0 saturated heterocycles. The lowest BCUT2D eigenvalue weighted by atomic mass is 10.2. The third-order valence-electron chi connectivity index (χ3n) is 3.46. The fourth-order valence-corrected chi connectivity index (χ4v) is 2.46. The molecule has 2 N–H and O–H groups in total. The highest BCUT2D eigenvalue weighted by atomic mass is 79.9. The predicted octanol–water partition coefficient (Wildman–Crippen LogP) is 4.85. The lowest BCUT2D eigenvalue weighted by Crippen LogP contribution is -2.13. The number of nitrogens with one attached hydrogen (secondary N) is 2. The van der Waals surface area contributed by atoms with Gasteiger partial charge in [0.25, 0.3) is 5.91 Å². The molecular formula is C19H16BrN3O2. The fourth-order valence-electron chi connectivity index (χ4n) is 2.20.